The van der Waals surface area contributed by atoms with Crippen molar-refractivity contribution in [3.05, 3.63) is 28.8 Å². The topological polar surface area (TPSA) is 55.1 Å². The number of halogens is 2. The van der Waals surface area contributed by atoms with Crippen LogP contribution in [0.4, 0.5) is 5.69 Å². The number of nitrogen functional groups attached to an aromatic ring is 1. The number of amides is 1. The van der Waals surface area contributed by atoms with Gasteiger partial charge in [0, 0.05) is 12.2 Å². The molecule has 0 aliphatic heterocycles. The number of rotatable bonds is 3. The molecule has 1 fully saturated rings. The first-order chi connectivity index (χ1) is 8.00. The van der Waals surface area contributed by atoms with Crippen molar-refractivity contribution in [3.63, 3.8) is 0 Å². The van der Waals surface area contributed by atoms with Crippen molar-refractivity contribution in [2.45, 2.75) is 26.2 Å². The number of hydrogen-bond donors (Lipinski definition) is 2. The molecular formula is C13H18Cl2N2O. The number of carbonyl (C=O) groups excluding carboxylic acids is 1. The molecule has 1 aliphatic rings. The molecule has 1 aliphatic carbocycles. The van der Waals surface area contributed by atoms with Crippen molar-refractivity contribution in [1.82, 2.24) is 5.32 Å². The molecule has 1 amide bonds. The number of nitrogens with two attached hydrogens (primary N) is 1. The second kappa shape index (κ2) is 5.81. The summed E-state index contributed by atoms with van der Waals surface area (Å²) in [6.45, 7) is 2.91. The van der Waals surface area contributed by atoms with E-state index in [0.29, 0.717) is 22.8 Å². The monoisotopic (exact) mass is 288 g/mol. The van der Waals surface area contributed by atoms with E-state index in [1.165, 1.54) is 19.3 Å². The summed E-state index contributed by atoms with van der Waals surface area (Å²) in [5.41, 5.74) is 6.92. The fraction of sp³-hybridized carbons (Fsp3) is 0.462. The number of benzene rings is 1. The fourth-order valence-corrected chi connectivity index (χ4v) is 2.34. The third-order valence-electron chi connectivity index (χ3n) is 3.47. The Balaban J connectivity index is 0.00000162. The zero-order chi connectivity index (χ0) is 12.5. The average Bonchev–Trinajstić information content (AvgIpc) is 2.23. The maximum Gasteiger partial charge on any atom is 0.252 e. The minimum Gasteiger partial charge on any atom is -0.399 e. The third kappa shape index (κ3) is 3.30. The standard InChI is InChI=1S/C13H17ClN2O.ClH/c1-13(5-2-6-13)8-16-12(17)10-4-3-9(15)7-11(10)14;/h3-4,7H,2,5-6,8,15H2,1H3,(H,16,17);1H. The van der Waals surface area contributed by atoms with Gasteiger partial charge in [-0.3, -0.25) is 4.79 Å². The quantitative estimate of drug-likeness (QED) is 0.839. The van der Waals surface area contributed by atoms with Crippen molar-refractivity contribution in [1.29, 1.82) is 0 Å². The summed E-state index contributed by atoms with van der Waals surface area (Å²) < 4.78 is 0. The highest BCUT2D eigenvalue weighted by Crippen LogP contribution is 2.39. The van der Waals surface area contributed by atoms with Gasteiger partial charge in [0.05, 0.1) is 10.6 Å². The Hall–Kier alpha value is -0.930. The van der Waals surface area contributed by atoms with Crippen molar-refractivity contribution in [2.75, 3.05) is 12.3 Å². The summed E-state index contributed by atoms with van der Waals surface area (Å²) in [6, 6.07) is 4.95. The molecule has 1 aromatic carbocycles. The second-order valence-corrected chi connectivity index (χ2v) is 5.49. The normalized spacial score (nSPS) is 16.3. The summed E-state index contributed by atoms with van der Waals surface area (Å²) >= 11 is 5.98. The summed E-state index contributed by atoms with van der Waals surface area (Å²) in [4.78, 5) is 11.9. The predicted octanol–water partition coefficient (Wildman–Crippen LogP) is 3.26. The van der Waals surface area contributed by atoms with Gasteiger partial charge >= 0.3 is 0 Å². The maximum absolute atomic E-state index is 11.9. The van der Waals surface area contributed by atoms with Gasteiger partial charge in [-0.05, 0) is 36.5 Å². The lowest BCUT2D eigenvalue weighted by atomic mass is 9.70. The average molecular weight is 289 g/mol. The van der Waals surface area contributed by atoms with Crippen LogP contribution in [0, 0.1) is 5.41 Å². The SMILES string of the molecule is CC1(CNC(=O)c2ccc(N)cc2Cl)CCC1.Cl. The van der Waals surface area contributed by atoms with Gasteiger partial charge in [0.25, 0.3) is 5.91 Å². The molecule has 1 aromatic rings. The number of carbonyl (C=O) groups is 1. The van der Waals surface area contributed by atoms with Crippen LogP contribution in [0.5, 0.6) is 0 Å². The first-order valence-electron chi connectivity index (χ1n) is 5.83. The van der Waals surface area contributed by atoms with Crippen LogP contribution in [0.15, 0.2) is 18.2 Å². The van der Waals surface area contributed by atoms with E-state index in [1.54, 1.807) is 18.2 Å². The summed E-state index contributed by atoms with van der Waals surface area (Å²) in [5, 5.41) is 3.34. The summed E-state index contributed by atoms with van der Waals surface area (Å²) in [5.74, 6) is -0.122. The third-order valence-corrected chi connectivity index (χ3v) is 3.79. The van der Waals surface area contributed by atoms with Crippen LogP contribution >= 0.6 is 24.0 Å². The molecule has 18 heavy (non-hydrogen) atoms. The Kier molecular flexibility index (Phi) is 4.88. The Morgan fingerprint density at radius 1 is 1.50 bits per heavy atom. The van der Waals surface area contributed by atoms with Crippen LogP contribution in [0.2, 0.25) is 5.02 Å². The molecule has 2 rings (SSSR count). The Morgan fingerprint density at radius 2 is 2.17 bits per heavy atom. The van der Waals surface area contributed by atoms with E-state index in [1.807, 2.05) is 0 Å². The molecule has 1 saturated carbocycles. The fourth-order valence-electron chi connectivity index (χ4n) is 2.06. The first kappa shape index (κ1) is 15.1. The van der Waals surface area contributed by atoms with Gasteiger partial charge in [0.2, 0.25) is 0 Å². The van der Waals surface area contributed by atoms with Crippen LogP contribution in [-0.4, -0.2) is 12.5 Å². The van der Waals surface area contributed by atoms with Crippen LogP contribution in [0.3, 0.4) is 0 Å². The summed E-state index contributed by atoms with van der Waals surface area (Å²) in [6.07, 6.45) is 3.63. The van der Waals surface area contributed by atoms with E-state index in [4.69, 9.17) is 17.3 Å². The Bertz CT molecular complexity index is 445. The minimum absolute atomic E-state index is 0. The molecule has 3 N–H and O–H groups in total. The molecule has 0 bridgehead atoms. The largest absolute Gasteiger partial charge is 0.399 e. The van der Waals surface area contributed by atoms with E-state index in [2.05, 4.69) is 12.2 Å². The van der Waals surface area contributed by atoms with Crippen LogP contribution < -0.4 is 11.1 Å². The first-order valence-corrected chi connectivity index (χ1v) is 6.21. The van der Waals surface area contributed by atoms with Gasteiger partial charge in [-0.25, -0.2) is 0 Å². The van der Waals surface area contributed by atoms with Crippen LogP contribution in [0.25, 0.3) is 0 Å². The predicted molar refractivity (Wildman–Crippen MR) is 77.4 cm³/mol. The van der Waals surface area contributed by atoms with Crippen LogP contribution in [0.1, 0.15) is 36.5 Å². The van der Waals surface area contributed by atoms with Crippen molar-refractivity contribution in [3.8, 4) is 0 Å². The highest BCUT2D eigenvalue weighted by molar-refractivity contribution is 6.34. The molecule has 0 unspecified atom stereocenters. The zero-order valence-electron chi connectivity index (χ0n) is 10.3. The minimum atomic E-state index is -0.122. The highest BCUT2D eigenvalue weighted by Gasteiger charge is 2.32. The molecule has 0 aromatic heterocycles. The lowest BCUT2D eigenvalue weighted by Gasteiger charge is -2.38. The molecule has 5 heteroatoms. The van der Waals surface area contributed by atoms with Gasteiger partial charge in [-0.15, -0.1) is 12.4 Å². The molecule has 0 saturated heterocycles. The molecule has 0 radical (unpaired) electrons. The molecule has 0 spiro atoms. The van der Waals surface area contributed by atoms with E-state index >= 15 is 0 Å². The van der Waals surface area contributed by atoms with E-state index in [9.17, 15) is 4.79 Å². The molecule has 3 nitrogen and oxygen atoms in total. The molecule has 0 atom stereocenters. The number of hydrogen-bond acceptors (Lipinski definition) is 2. The van der Waals surface area contributed by atoms with Gasteiger partial charge in [-0.2, -0.15) is 0 Å². The van der Waals surface area contributed by atoms with Crippen molar-refractivity contribution < 1.29 is 4.79 Å². The maximum atomic E-state index is 11.9. The van der Waals surface area contributed by atoms with Crippen molar-refractivity contribution >= 4 is 35.6 Å². The van der Waals surface area contributed by atoms with Crippen molar-refractivity contribution in [2.24, 2.45) is 5.41 Å². The molecule has 100 valence electrons. The Morgan fingerprint density at radius 3 is 2.67 bits per heavy atom. The Labute approximate surface area is 118 Å². The summed E-state index contributed by atoms with van der Waals surface area (Å²) in [7, 11) is 0. The van der Waals surface area contributed by atoms with Gasteiger partial charge < -0.3 is 11.1 Å². The van der Waals surface area contributed by atoms with Gasteiger partial charge in [0.15, 0.2) is 0 Å². The molecular weight excluding hydrogens is 271 g/mol. The number of anilines is 1. The number of nitrogens with one attached hydrogen (secondary N) is 1. The molecule has 0 heterocycles. The van der Waals surface area contributed by atoms with Crippen LogP contribution in [-0.2, 0) is 0 Å². The zero-order valence-corrected chi connectivity index (χ0v) is 11.9. The highest BCUT2D eigenvalue weighted by atomic mass is 35.5. The van der Waals surface area contributed by atoms with E-state index < -0.39 is 0 Å². The van der Waals surface area contributed by atoms with E-state index in [0.717, 1.165) is 0 Å². The van der Waals surface area contributed by atoms with E-state index in [-0.39, 0.29) is 23.7 Å². The lowest BCUT2D eigenvalue weighted by molar-refractivity contribution is 0.0891. The smallest absolute Gasteiger partial charge is 0.252 e. The van der Waals surface area contributed by atoms with Gasteiger partial charge in [-0.1, -0.05) is 24.9 Å². The lowest BCUT2D eigenvalue weighted by Crippen LogP contribution is -2.40. The van der Waals surface area contributed by atoms with Gasteiger partial charge in [0.1, 0.15) is 0 Å². The second-order valence-electron chi connectivity index (χ2n) is 5.09.